The highest BCUT2D eigenvalue weighted by Gasteiger charge is 2.17. The van der Waals surface area contributed by atoms with Gasteiger partial charge in [0.15, 0.2) is 5.96 Å². The highest BCUT2D eigenvalue weighted by Crippen LogP contribution is 2.21. The smallest absolute Gasteiger partial charge is 0.193 e. The van der Waals surface area contributed by atoms with Crippen LogP contribution in [0.3, 0.4) is 0 Å². The van der Waals surface area contributed by atoms with Gasteiger partial charge in [0, 0.05) is 58.1 Å². The topological polar surface area (TPSA) is 54.7 Å². The molecule has 0 amide bonds. The van der Waals surface area contributed by atoms with Crippen molar-refractivity contribution in [3.8, 4) is 0 Å². The molecule has 0 saturated heterocycles. The Morgan fingerprint density at radius 1 is 1.41 bits per heavy atom. The van der Waals surface area contributed by atoms with Gasteiger partial charge in [0.1, 0.15) is 0 Å². The molecule has 1 aromatic carbocycles. The molecule has 0 aliphatic carbocycles. The van der Waals surface area contributed by atoms with E-state index in [1.165, 1.54) is 5.56 Å². The van der Waals surface area contributed by atoms with Gasteiger partial charge in [-0.25, -0.2) is 0 Å². The number of aryl methyl sites for hydroxylation is 1. The maximum Gasteiger partial charge on any atom is 0.193 e. The van der Waals surface area contributed by atoms with Crippen molar-refractivity contribution in [3.63, 3.8) is 0 Å². The monoisotopic (exact) mass is 391 g/mol. The van der Waals surface area contributed by atoms with Crippen LogP contribution in [0.25, 0.3) is 0 Å². The van der Waals surface area contributed by atoms with Crippen LogP contribution in [0.5, 0.6) is 0 Å². The Bertz CT molecular complexity index is 771. The zero-order valence-electron chi connectivity index (χ0n) is 17.0. The predicted molar refractivity (Wildman–Crippen MR) is 111 cm³/mol. The number of aliphatic imine (C=N–C) groups is 1. The van der Waals surface area contributed by atoms with Crippen molar-refractivity contribution in [2.45, 2.75) is 32.4 Å². The minimum absolute atomic E-state index is 0.113. The van der Waals surface area contributed by atoms with E-state index in [0.29, 0.717) is 17.5 Å². The number of aromatic nitrogens is 2. The molecule has 27 heavy (non-hydrogen) atoms. The van der Waals surface area contributed by atoms with Crippen LogP contribution in [0.4, 0.5) is 0 Å². The molecule has 0 aliphatic rings. The average Bonchev–Trinajstić information content (AvgIpc) is 2.99. The lowest BCUT2D eigenvalue weighted by molar-refractivity contribution is 0.106. The number of nitrogens with one attached hydrogen (secondary N) is 1. The minimum Gasteiger partial charge on any atom is -0.375 e. The Hall–Kier alpha value is -2.05. The first-order chi connectivity index (χ1) is 12.8. The van der Waals surface area contributed by atoms with Crippen molar-refractivity contribution in [1.82, 2.24) is 20.0 Å². The molecule has 6 nitrogen and oxygen atoms in total. The number of halogens is 1. The maximum atomic E-state index is 6.10. The third kappa shape index (κ3) is 5.71. The van der Waals surface area contributed by atoms with Crippen LogP contribution in [0.2, 0.25) is 5.02 Å². The minimum atomic E-state index is -0.113. The highest BCUT2D eigenvalue weighted by atomic mass is 35.5. The van der Waals surface area contributed by atoms with Crippen LogP contribution >= 0.6 is 11.6 Å². The van der Waals surface area contributed by atoms with Crippen LogP contribution in [-0.4, -0.2) is 48.4 Å². The van der Waals surface area contributed by atoms with Crippen molar-refractivity contribution in [2.24, 2.45) is 12.0 Å². The lowest BCUT2D eigenvalue weighted by Gasteiger charge is -2.24. The number of benzene rings is 1. The molecule has 1 atom stereocenters. The molecule has 0 bridgehead atoms. The summed E-state index contributed by atoms with van der Waals surface area (Å²) < 4.78 is 7.50. The molecular weight excluding hydrogens is 362 g/mol. The molecule has 2 rings (SSSR count). The van der Waals surface area contributed by atoms with Crippen LogP contribution in [-0.2, 0) is 18.3 Å². The summed E-state index contributed by atoms with van der Waals surface area (Å²) in [4.78, 5) is 6.50. The molecule has 0 saturated carbocycles. The number of guanidine groups is 1. The number of ether oxygens (including phenoxy) is 1. The highest BCUT2D eigenvalue weighted by molar-refractivity contribution is 6.30. The van der Waals surface area contributed by atoms with Crippen molar-refractivity contribution in [1.29, 1.82) is 0 Å². The Labute approximate surface area is 167 Å². The van der Waals surface area contributed by atoms with Gasteiger partial charge in [0.2, 0.25) is 0 Å². The zero-order valence-corrected chi connectivity index (χ0v) is 17.8. The summed E-state index contributed by atoms with van der Waals surface area (Å²) in [6.07, 6.45) is 1.96. The summed E-state index contributed by atoms with van der Waals surface area (Å²) in [7, 11) is 7.46. The first-order valence-corrected chi connectivity index (χ1v) is 9.46. The van der Waals surface area contributed by atoms with Crippen molar-refractivity contribution in [3.05, 3.63) is 52.3 Å². The second-order valence-corrected chi connectivity index (χ2v) is 7.37. The van der Waals surface area contributed by atoms with Gasteiger partial charge in [-0.15, -0.1) is 0 Å². The number of hydrogen-bond acceptors (Lipinski definition) is 3. The van der Waals surface area contributed by atoms with Crippen molar-refractivity contribution in [2.75, 3.05) is 27.7 Å². The molecule has 0 fully saturated rings. The van der Waals surface area contributed by atoms with Gasteiger partial charge in [-0.2, -0.15) is 5.10 Å². The zero-order chi connectivity index (χ0) is 20.0. The van der Waals surface area contributed by atoms with Crippen LogP contribution in [0, 0.1) is 0 Å². The molecule has 0 spiro atoms. The van der Waals surface area contributed by atoms with Crippen LogP contribution in [0.1, 0.15) is 42.7 Å². The van der Waals surface area contributed by atoms with Gasteiger partial charge < -0.3 is 15.0 Å². The second kappa shape index (κ2) is 9.76. The lowest BCUT2D eigenvalue weighted by atomic mass is 10.1. The molecule has 0 radical (unpaired) electrons. The van der Waals surface area contributed by atoms with E-state index in [1.54, 1.807) is 14.2 Å². The van der Waals surface area contributed by atoms with E-state index in [1.807, 2.05) is 43.0 Å². The summed E-state index contributed by atoms with van der Waals surface area (Å²) in [6, 6.07) is 7.73. The fourth-order valence-electron chi connectivity index (χ4n) is 3.11. The molecule has 0 aliphatic heterocycles. The van der Waals surface area contributed by atoms with Crippen molar-refractivity contribution < 1.29 is 4.74 Å². The van der Waals surface area contributed by atoms with E-state index >= 15 is 0 Å². The molecule has 7 heteroatoms. The molecular formula is C20H30ClN5O. The molecule has 1 aromatic heterocycles. The van der Waals surface area contributed by atoms with Crippen LogP contribution in [0.15, 0.2) is 35.5 Å². The number of methoxy groups -OCH3 is 1. The third-order valence-electron chi connectivity index (χ3n) is 4.42. The first kappa shape index (κ1) is 21.3. The Morgan fingerprint density at radius 3 is 2.74 bits per heavy atom. The van der Waals surface area contributed by atoms with E-state index in [4.69, 9.17) is 16.3 Å². The third-order valence-corrected chi connectivity index (χ3v) is 4.65. The molecule has 148 valence electrons. The Kier molecular flexibility index (Phi) is 7.68. The van der Waals surface area contributed by atoms with E-state index in [-0.39, 0.29) is 6.10 Å². The van der Waals surface area contributed by atoms with E-state index in [9.17, 15) is 0 Å². The van der Waals surface area contributed by atoms with Gasteiger partial charge in [0.05, 0.1) is 11.8 Å². The van der Waals surface area contributed by atoms with Gasteiger partial charge >= 0.3 is 0 Å². The molecule has 1 N–H and O–H groups in total. The fourth-order valence-corrected chi connectivity index (χ4v) is 3.30. The average molecular weight is 392 g/mol. The summed E-state index contributed by atoms with van der Waals surface area (Å²) >= 11 is 6.10. The number of nitrogens with zero attached hydrogens (tertiary/aromatic N) is 4. The quantitative estimate of drug-likeness (QED) is 0.578. The molecule has 2 aromatic rings. The van der Waals surface area contributed by atoms with Gasteiger partial charge in [0.25, 0.3) is 0 Å². The van der Waals surface area contributed by atoms with Gasteiger partial charge in [-0.05, 0) is 23.6 Å². The summed E-state index contributed by atoms with van der Waals surface area (Å²) in [5.41, 5.74) is 3.36. The van der Waals surface area contributed by atoms with Gasteiger partial charge in [-0.3, -0.25) is 9.67 Å². The summed E-state index contributed by atoms with van der Waals surface area (Å²) in [6.45, 7) is 5.65. The Morgan fingerprint density at radius 2 is 2.15 bits per heavy atom. The normalized spacial score (nSPS) is 13.1. The van der Waals surface area contributed by atoms with Gasteiger partial charge in [-0.1, -0.05) is 37.6 Å². The Balaban J connectivity index is 2.04. The van der Waals surface area contributed by atoms with Crippen LogP contribution < -0.4 is 5.32 Å². The van der Waals surface area contributed by atoms with Crippen molar-refractivity contribution >= 4 is 17.6 Å². The fraction of sp³-hybridized carbons (Fsp3) is 0.500. The van der Waals surface area contributed by atoms with E-state index < -0.39 is 0 Å². The van der Waals surface area contributed by atoms with E-state index in [2.05, 4.69) is 40.4 Å². The molecule has 1 heterocycles. The van der Waals surface area contributed by atoms with E-state index in [0.717, 1.165) is 23.8 Å². The predicted octanol–water partition coefficient (Wildman–Crippen LogP) is 3.59. The lowest BCUT2D eigenvalue weighted by Crippen LogP contribution is -2.40. The standard InChI is InChI=1S/C20H30ClN5O/c1-14(2)19-16(13-26(5)24-19)12-25(4)20(22-3)23-11-18(27-6)15-8-7-9-17(21)10-15/h7-10,13-14,18H,11-12H2,1-6H3,(H,22,23). The first-order valence-electron chi connectivity index (χ1n) is 9.08. The SMILES string of the molecule is CN=C(NCC(OC)c1cccc(Cl)c1)N(C)Cc1cn(C)nc1C(C)C. The molecule has 1 unspecified atom stereocenters. The summed E-state index contributed by atoms with van der Waals surface area (Å²) in [5.74, 6) is 1.18. The number of rotatable bonds is 7. The maximum absolute atomic E-state index is 6.10. The summed E-state index contributed by atoms with van der Waals surface area (Å²) in [5, 5.41) is 8.68. The largest absolute Gasteiger partial charge is 0.375 e. The number of hydrogen-bond donors (Lipinski definition) is 1. The second-order valence-electron chi connectivity index (χ2n) is 6.93.